The van der Waals surface area contributed by atoms with Crippen molar-refractivity contribution >= 4 is 34.1 Å². The number of hydrogen-bond acceptors (Lipinski definition) is 2. The normalized spacial score (nSPS) is 10.9. The predicted octanol–water partition coefficient (Wildman–Crippen LogP) is 2.99. The number of benzene rings is 2. The minimum absolute atomic E-state index is 0.333. The average Bonchev–Trinajstić information content (AvgIpc) is 2.37. The highest BCUT2D eigenvalue weighted by Gasteiger charge is 2.10. The maximum Gasteiger partial charge on any atom is 0.333 e. The summed E-state index contributed by atoms with van der Waals surface area (Å²) in [6.45, 7) is 0. The van der Waals surface area contributed by atoms with Gasteiger partial charge in [-0.1, -0.05) is 35.3 Å². The minimum Gasteiger partial charge on any atom is -0.306 e. The molecule has 0 saturated heterocycles. The van der Waals surface area contributed by atoms with Gasteiger partial charge in [0.25, 0.3) is 5.56 Å². The van der Waals surface area contributed by atoms with Gasteiger partial charge < -0.3 is 4.98 Å². The molecule has 0 aliphatic rings. The van der Waals surface area contributed by atoms with Crippen molar-refractivity contribution in [1.29, 1.82) is 0 Å². The molecule has 0 bridgehead atoms. The zero-order chi connectivity index (χ0) is 14.3. The lowest BCUT2D eigenvalue weighted by atomic mass is 10.2. The van der Waals surface area contributed by atoms with Gasteiger partial charge >= 0.3 is 5.69 Å². The van der Waals surface area contributed by atoms with Gasteiger partial charge in [-0.3, -0.25) is 4.79 Å². The molecule has 3 rings (SSSR count). The Hall–Kier alpha value is -2.04. The van der Waals surface area contributed by atoms with Crippen molar-refractivity contribution < 1.29 is 0 Å². The molecular formula is C14H8Cl2N2O2. The zero-order valence-electron chi connectivity index (χ0n) is 10.1. The molecule has 1 N–H and O–H groups in total. The number of H-pyrrole nitrogens is 1. The maximum atomic E-state index is 12.4. The van der Waals surface area contributed by atoms with Crippen LogP contribution in [0.5, 0.6) is 0 Å². The number of para-hydroxylation sites is 1. The molecule has 0 saturated carbocycles. The van der Waals surface area contributed by atoms with Crippen molar-refractivity contribution in [2.75, 3.05) is 0 Å². The van der Waals surface area contributed by atoms with Crippen LogP contribution in [0.3, 0.4) is 0 Å². The summed E-state index contributed by atoms with van der Waals surface area (Å²) in [5, 5.41) is 1.13. The molecule has 2 aromatic carbocycles. The molecule has 6 heteroatoms. The number of aromatic amines is 1. The van der Waals surface area contributed by atoms with E-state index >= 15 is 0 Å². The van der Waals surface area contributed by atoms with Gasteiger partial charge in [-0.2, -0.15) is 0 Å². The first-order chi connectivity index (χ1) is 9.56. The second-order valence-corrected chi connectivity index (χ2v) is 5.12. The summed E-state index contributed by atoms with van der Waals surface area (Å²) in [5.41, 5.74) is -0.124. The van der Waals surface area contributed by atoms with Gasteiger partial charge in [0, 0.05) is 10.0 Å². The van der Waals surface area contributed by atoms with Gasteiger partial charge in [-0.25, -0.2) is 9.36 Å². The molecule has 1 aromatic heterocycles. The van der Waals surface area contributed by atoms with Gasteiger partial charge in [0.05, 0.1) is 16.6 Å². The largest absolute Gasteiger partial charge is 0.333 e. The van der Waals surface area contributed by atoms with Crippen LogP contribution in [0.4, 0.5) is 0 Å². The first kappa shape index (κ1) is 13.0. The Balaban J connectivity index is 2.42. The molecule has 0 radical (unpaired) electrons. The SMILES string of the molecule is O=c1[nH]c2ccccc2c(=O)n1-c1cc(Cl)cc(Cl)c1. The van der Waals surface area contributed by atoms with Crippen molar-refractivity contribution in [3.8, 4) is 5.69 Å². The van der Waals surface area contributed by atoms with E-state index in [-0.39, 0.29) is 0 Å². The van der Waals surface area contributed by atoms with Gasteiger partial charge in [0.2, 0.25) is 0 Å². The van der Waals surface area contributed by atoms with Gasteiger partial charge in [0.15, 0.2) is 0 Å². The Morgan fingerprint density at radius 3 is 2.30 bits per heavy atom. The topological polar surface area (TPSA) is 54.9 Å². The second kappa shape index (κ2) is 4.81. The van der Waals surface area contributed by atoms with E-state index < -0.39 is 11.2 Å². The van der Waals surface area contributed by atoms with Crippen LogP contribution in [0, 0.1) is 0 Å². The van der Waals surface area contributed by atoms with Crippen LogP contribution in [0.25, 0.3) is 16.6 Å². The Kier molecular flexibility index (Phi) is 3.12. The number of hydrogen-bond donors (Lipinski definition) is 1. The Morgan fingerprint density at radius 1 is 0.950 bits per heavy atom. The van der Waals surface area contributed by atoms with E-state index in [1.165, 1.54) is 18.2 Å². The Bertz CT molecular complexity index is 908. The summed E-state index contributed by atoms with van der Waals surface area (Å²) >= 11 is 11.8. The van der Waals surface area contributed by atoms with E-state index in [1.807, 2.05) is 0 Å². The molecule has 0 unspecified atom stereocenters. The highest BCUT2D eigenvalue weighted by atomic mass is 35.5. The van der Waals surface area contributed by atoms with Crippen LogP contribution in [0.2, 0.25) is 10.0 Å². The monoisotopic (exact) mass is 306 g/mol. The van der Waals surface area contributed by atoms with E-state index in [4.69, 9.17) is 23.2 Å². The lowest BCUT2D eigenvalue weighted by molar-refractivity contribution is 0.901. The maximum absolute atomic E-state index is 12.4. The van der Waals surface area contributed by atoms with Crippen LogP contribution in [-0.4, -0.2) is 9.55 Å². The number of fused-ring (bicyclic) bond motifs is 1. The molecule has 0 aliphatic heterocycles. The standard InChI is InChI=1S/C14H8Cl2N2O2/c15-8-5-9(16)7-10(6-8)18-13(19)11-3-1-2-4-12(11)17-14(18)20/h1-7H,(H,17,20). The fourth-order valence-electron chi connectivity index (χ4n) is 2.07. The molecule has 100 valence electrons. The summed E-state index contributed by atoms with van der Waals surface area (Å²) in [6, 6.07) is 11.4. The van der Waals surface area contributed by atoms with E-state index in [2.05, 4.69) is 4.98 Å². The van der Waals surface area contributed by atoms with Crippen LogP contribution < -0.4 is 11.2 Å². The number of nitrogens with one attached hydrogen (secondary N) is 1. The Morgan fingerprint density at radius 2 is 1.60 bits per heavy atom. The molecule has 0 atom stereocenters. The first-order valence-corrected chi connectivity index (χ1v) is 6.52. The van der Waals surface area contributed by atoms with Crippen LogP contribution in [-0.2, 0) is 0 Å². The molecule has 0 spiro atoms. The molecule has 4 nitrogen and oxygen atoms in total. The predicted molar refractivity (Wildman–Crippen MR) is 80.2 cm³/mol. The summed E-state index contributed by atoms with van der Waals surface area (Å²) in [6.07, 6.45) is 0. The Labute approximate surface area is 123 Å². The number of nitrogens with zero attached hydrogens (tertiary/aromatic N) is 1. The van der Waals surface area contributed by atoms with Gasteiger partial charge in [-0.15, -0.1) is 0 Å². The second-order valence-electron chi connectivity index (χ2n) is 4.24. The van der Waals surface area contributed by atoms with Gasteiger partial charge in [0.1, 0.15) is 0 Å². The summed E-state index contributed by atoms with van der Waals surface area (Å²) in [7, 11) is 0. The van der Waals surface area contributed by atoms with Crippen molar-refractivity contribution in [2.24, 2.45) is 0 Å². The van der Waals surface area contributed by atoms with Gasteiger partial charge in [-0.05, 0) is 30.3 Å². The zero-order valence-corrected chi connectivity index (χ0v) is 11.6. The molecule has 0 amide bonds. The summed E-state index contributed by atoms with van der Waals surface area (Å²) in [5.74, 6) is 0. The molecule has 1 heterocycles. The first-order valence-electron chi connectivity index (χ1n) is 5.77. The summed E-state index contributed by atoms with van der Waals surface area (Å²) in [4.78, 5) is 27.2. The molecular weight excluding hydrogens is 299 g/mol. The summed E-state index contributed by atoms with van der Waals surface area (Å²) < 4.78 is 1.01. The third-order valence-electron chi connectivity index (χ3n) is 2.91. The number of halogens is 2. The lowest BCUT2D eigenvalue weighted by Crippen LogP contribution is -2.33. The fraction of sp³-hybridized carbons (Fsp3) is 0. The molecule has 0 fully saturated rings. The third-order valence-corrected chi connectivity index (χ3v) is 3.35. The number of aromatic nitrogens is 2. The quantitative estimate of drug-likeness (QED) is 0.751. The van der Waals surface area contributed by atoms with Crippen LogP contribution in [0.1, 0.15) is 0 Å². The average molecular weight is 307 g/mol. The van der Waals surface area contributed by atoms with E-state index in [0.717, 1.165) is 4.57 Å². The third kappa shape index (κ3) is 2.13. The van der Waals surface area contributed by atoms with Crippen molar-refractivity contribution in [3.05, 3.63) is 73.3 Å². The van der Waals surface area contributed by atoms with Crippen LogP contribution in [0.15, 0.2) is 52.1 Å². The van der Waals surface area contributed by atoms with Crippen molar-refractivity contribution in [3.63, 3.8) is 0 Å². The smallest absolute Gasteiger partial charge is 0.306 e. The highest BCUT2D eigenvalue weighted by molar-refractivity contribution is 6.34. The fourth-order valence-corrected chi connectivity index (χ4v) is 2.58. The van der Waals surface area contributed by atoms with E-state index in [0.29, 0.717) is 26.6 Å². The van der Waals surface area contributed by atoms with Crippen LogP contribution >= 0.6 is 23.2 Å². The van der Waals surface area contributed by atoms with Crippen molar-refractivity contribution in [2.45, 2.75) is 0 Å². The van der Waals surface area contributed by atoms with E-state index in [9.17, 15) is 9.59 Å². The highest BCUT2D eigenvalue weighted by Crippen LogP contribution is 2.20. The molecule has 3 aromatic rings. The van der Waals surface area contributed by atoms with E-state index in [1.54, 1.807) is 24.3 Å². The lowest BCUT2D eigenvalue weighted by Gasteiger charge is -2.07. The minimum atomic E-state index is -0.535. The number of rotatable bonds is 1. The van der Waals surface area contributed by atoms with Crippen molar-refractivity contribution in [1.82, 2.24) is 9.55 Å². The molecule has 20 heavy (non-hydrogen) atoms. The molecule has 0 aliphatic carbocycles.